The van der Waals surface area contributed by atoms with Gasteiger partial charge in [-0.15, -0.1) is 0 Å². The number of aromatic nitrogens is 2. The van der Waals surface area contributed by atoms with Gasteiger partial charge < -0.3 is 18.8 Å². The summed E-state index contributed by atoms with van der Waals surface area (Å²) in [4.78, 5) is 4.63. The van der Waals surface area contributed by atoms with Crippen molar-refractivity contribution in [3.63, 3.8) is 0 Å². The number of hydrogen-bond donors (Lipinski definition) is 0. The van der Waals surface area contributed by atoms with Crippen molar-refractivity contribution in [1.82, 2.24) is 9.55 Å². The predicted molar refractivity (Wildman–Crippen MR) is 112 cm³/mol. The zero-order valence-corrected chi connectivity index (χ0v) is 16.5. The first-order chi connectivity index (χ1) is 14.2. The zero-order valence-electron chi connectivity index (χ0n) is 16.5. The number of fused-ring (bicyclic) bond motifs is 2. The normalized spacial score (nSPS) is 12.5. The Morgan fingerprint density at radius 2 is 1.79 bits per heavy atom. The topological polar surface area (TPSA) is 45.5 Å². The molecule has 0 N–H and O–H groups in total. The highest BCUT2D eigenvalue weighted by atomic mass is 16.7. The minimum atomic E-state index is 0.274. The second-order valence-electron chi connectivity index (χ2n) is 7.26. The van der Waals surface area contributed by atoms with Crippen molar-refractivity contribution in [2.45, 2.75) is 27.0 Å². The minimum absolute atomic E-state index is 0.274. The molecule has 5 rings (SSSR count). The quantitative estimate of drug-likeness (QED) is 0.484. The van der Waals surface area contributed by atoms with E-state index >= 15 is 0 Å². The lowest BCUT2D eigenvalue weighted by Crippen LogP contribution is -2.04. The Kier molecular flexibility index (Phi) is 4.35. The van der Waals surface area contributed by atoms with E-state index in [0.717, 1.165) is 40.4 Å². The maximum Gasteiger partial charge on any atom is 0.231 e. The van der Waals surface area contributed by atoms with Crippen LogP contribution >= 0.6 is 0 Å². The highest BCUT2D eigenvalue weighted by Crippen LogP contribution is 2.34. The molecule has 0 atom stereocenters. The molecule has 1 aliphatic rings. The summed E-state index contributed by atoms with van der Waals surface area (Å²) >= 11 is 0. The van der Waals surface area contributed by atoms with Gasteiger partial charge >= 0.3 is 0 Å². The molecule has 1 aliphatic heterocycles. The van der Waals surface area contributed by atoms with Crippen molar-refractivity contribution < 1.29 is 14.2 Å². The van der Waals surface area contributed by atoms with Crippen LogP contribution in [0.1, 0.15) is 22.4 Å². The summed E-state index contributed by atoms with van der Waals surface area (Å²) in [5.74, 6) is 2.38. The summed E-state index contributed by atoms with van der Waals surface area (Å²) in [6, 6.07) is 18.3. The second kappa shape index (κ2) is 7.17. The van der Waals surface area contributed by atoms with Crippen LogP contribution in [0.3, 0.4) is 0 Å². The largest absolute Gasteiger partial charge is 0.487 e. The molecular weight excluding hydrogens is 364 g/mol. The molecular formula is C24H22N2O3. The summed E-state index contributed by atoms with van der Waals surface area (Å²) in [5.41, 5.74) is 6.69. The summed E-state index contributed by atoms with van der Waals surface area (Å²) in [6.07, 6.45) is 1.82. The second-order valence-corrected chi connectivity index (χ2v) is 7.26. The summed E-state index contributed by atoms with van der Waals surface area (Å²) in [7, 11) is 0. The van der Waals surface area contributed by atoms with E-state index in [0.29, 0.717) is 6.61 Å². The Bertz CT molecular complexity index is 1180. The van der Waals surface area contributed by atoms with Crippen molar-refractivity contribution in [2.75, 3.05) is 6.79 Å². The molecule has 146 valence electrons. The molecule has 0 fully saturated rings. The smallest absolute Gasteiger partial charge is 0.231 e. The Labute approximate surface area is 169 Å². The molecule has 5 heteroatoms. The monoisotopic (exact) mass is 386 g/mol. The van der Waals surface area contributed by atoms with E-state index < -0.39 is 0 Å². The Morgan fingerprint density at radius 1 is 0.966 bits per heavy atom. The van der Waals surface area contributed by atoms with Gasteiger partial charge in [-0.2, -0.15) is 0 Å². The lowest BCUT2D eigenvalue weighted by Gasteiger charge is -2.13. The van der Waals surface area contributed by atoms with Gasteiger partial charge in [0.15, 0.2) is 11.5 Å². The molecule has 0 spiro atoms. The fourth-order valence-electron chi connectivity index (χ4n) is 3.78. The molecule has 4 aromatic rings. The number of ether oxygens (including phenoxy) is 3. The third-order valence-corrected chi connectivity index (χ3v) is 5.47. The maximum absolute atomic E-state index is 6.25. The third kappa shape index (κ3) is 3.18. The number of hydrogen-bond acceptors (Lipinski definition) is 4. The van der Waals surface area contributed by atoms with Gasteiger partial charge in [-0.3, -0.25) is 4.98 Å². The van der Waals surface area contributed by atoms with Crippen LogP contribution in [0.5, 0.6) is 17.2 Å². The summed E-state index contributed by atoms with van der Waals surface area (Å²) in [5, 5.41) is 0. The molecule has 5 nitrogen and oxygen atoms in total. The molecule has 0 amide bonds. The lowest BCUT2D eigenvalue weighted by atomic mass is 10.2. The van der Waals surface area contributed by atoms with Crippen LogP contribution in [0.4, 0.5) is 0 Å². The van der Waals surface area contributed by atoms with Crippen LogP contribution in [0, 0.1) is 13.8 Å². The van der Waals surface area contributed by atoms with Gasteiger partial charge in [-0.25, -0.2) is 0 Å². The number of rotatable bonds is 5. The van der Waals surface area contributed by atoms with Crippen molar-refractivity contribution in [3.8, 4) is 17.2 Å². The van der Waals surface area contributed by atoms with Crippen LogP contribution in [0.15, 0.2) is 60.8 Å². The van der Waals surface area contributed by atoms with E-state index in [2.05, 4.69) is 47.7 Å². The Morgan fingerprint density at radius 3 is 2.66 bits per heavy atom. The average molecular weight is 386 g/mol. The van der Waals surface area contributed by atoms with Gasteiger partial charge in [0, 0.05) is 24.5 Å². The van der Waals surface area contributed by atoms with Gasteiger partial charge in [-0.1, -0.05) is 36.4 Å². The van der Waals surface area contributed by atoms with Crippen LogP contribution in [-0.4, -0.2) is 16.3 Å². The van der Waals surface area contributed by atoms with Crippen LogP contribution < -0.4 is 14.2 Å². The molecule has 0 saturated carbocycles. The lowest BCUT2D eigenvalue weighted by molar-refractivity contribution is 0.174. The van der Waals surface area contributed by atoms with Crippen LogP contribution in [0.2, 0.25) is 0 Å². The number of aryl methyl sites for hydroxylation is 1. The Hall–Kier alpha value is -3.47. The number of pyridine rings is 1. The molecule has 2 aromatic heterocycles. The van der Waals surface area contributed by atoms with Crippen molar-refractivity contribution >= 4 is 11.0 Å². The molecule has 0 aliphatic carbocycles. The summed E-state index contributed by atoms with van der Waals surface area (Å²) in [6.45, 7) is 5.76. The van der Waals surface area contributed by atoms with E-state index in [1.165, 1.54) is 16.8 Å². The molecule has 0 saturated heterocycles. The van der Waals surface area contributed by atoms with Gasteiger partial charge in [0.25, 0.3) is 0 Å². The van der Waals surface area contributed by atoms with Crippen molar-refractivity contribution in [3.05, 3.63) is 83.2 Å². The van der Waals surface area contributed by atoms with E-state index in [9.17, 15) is 0 Å². The highest BCUT2D eigenvalue weighted by Gasteiger charge is 2.18. The SMILES string of the molecule is Cc1c(C)n(Cc2ccccc2)c2c(OCc3ccc4c(c3)OCO4)ccnc12. The van der Waals surface area contributed by atoms with E-state index in [1.54, 1.807) is 0 Å². The first-order valence-electron chi connectivity index (χ1n) is 9.70. The fraction of sp³-hybridized carbons (Fsp3) is 0.208. The van der Waals surface area contributed by atoms with E-state index in [1.807, 2.05) is 36.5 Å². The van der Waals surface area contributed by atoms with E-state index in [-0.39, 0.29) is 6.79 Å². The highest BCUT2D eigenvalue weighted by molar-refractivity contribution is 5.86. The van der Waals surface area contributed by atoms with Gasteiger partial charge in [0.2, 0.25) is 6.79 Å². The van der Waals surface area contributed by atoms with E-state index in [4.69, 9.17) is 14.2 Å². The fourth-order valence-corrected chi connectivity index (χ4v) is 3.78. The Balaban J connectivity index is 1.49. The molecule has 0 radical (unpaired) electrons. The molecule has 3 heterocycles. The summed E-state index contributed by atoms with van der Waals surface area (Å²) < 4.78 is 19.4. The maximum atomic E-state index is 6.25. The van der Waals surface area contributed by atoms with Crippen molar-refractivity contribution in [2.24, 2.45) is 0 Å². The minimum Gasteiger partial charge on any atom is -0.487 e. The van der Waals surface area contributed by atoms with Crippen LogP contribution in [-0.2, 0) is 13.2 Å². The molecule has 0 unspecified atom stereocenters. The van der Waals surface area contributed by atoms with Crippen LogP contribution in [0.25, 0.3) is 11.0 Å². The van der Waals surface area contributed by atoms with Gasteiger partial charge in [-0.05, 0) is 42.7 Å². The standard InChI is InChI=1S/C24H22N2O3/c1-16-17(2)26(13-18-6-4-3-5-7-18)24-21(10-11-25-23(16)24)27-14-19-8-9-20-22(12-19)29-15-28-20/h3-12H,13-15H2,1-2H3. The number of benzene rings is 2. The third-order valence-electron chi connectivity index (χ3n) is 5.47. The zero-order chi connectivity index (χ0) is 19.8. The molecule has 2 aromatic carbocycles. The van der Waals surface area contributed by atoms with Crippen molar-refractivity contribution in [1.29, 1.82) is 0 Å². The van der Waals surface area contributed by atoms with Gasteiger partial charge in [0.1, 0.15) is 17.9 Å². The molecule has 0 bridgehead atoms. The molecule has 29 heavy (non-hydrogen) atoms. The average Bonchev–Trinajstić information content (AvgIpc) is 3.32. The van der Waals surface area contributed by atoms with Gasteiger partial charge in [0.05, 0.1) is 5.52 Å². The first-order valence-corrected chi connectivity index (χ1v) is 9.70. The first kappa shape index (κ1) is 17.6. The predicted octanol–water partition coefficient (Wildman–Crippen LogP) is 5.01. The number of nitrogens with zero attached hydrogens (tertiary/aromatic N) is 2.